The number of aliphatic hydroxyl groups is 1. The van der Waals surface area contributed by atoms with Crippen molar-refractivity contribution in [2.24, 2.45) is 17.3 Å². The van der Waals surface area contributed by atoms with E-state index in [0.717, 1.165) is 0 Å². The maximum atomic E-state index is 12.6. The monoisotopic (exact) mass is 394 g/mol. The summed E-state index contributed by atoms with van der Waals surface area (Å²) in [7, 11) is 0. The topological polar surface area (TPSA) is 85.4 Å². The second-order valence-electron chi connectivity index (χ2n) is 9.63. The number of esters is 2. The number of hydrogen-bond acceptors (Lipinski definition) is 6. The molecule has 3 fully saturated rings. The highest BCUT2D eigenvalue weighted by molar-refractivity contribution is 5.87. The number of ether oxygens (including phenoxy) is 3. The minimum atomic E-state index is -1.00. The van der Waals surface area contributed by atoms with Gasteiger partial charge in [0.05, 0.1) is 11.2 Å². The first-order chi connectivity index (χ1) is 12.9. The number of fused-ring (bicyclic) bond motifs is 2. The van der Waals surface area contributed by atoms with E-state index in [9.17, 15) is 14.7 Å². The Labute approximate surface area is 167 Å². The fourth-order valence-corrected chi connectivity index (χ4v) is 5.56. The van der Waals surface area contributed by atoms with E-state index in [2.05, 4.69) is 0 Å². The summed E-state index contributed by atoms with van der Waals surface area (Å²) in [6.45, 7) is 12.9. The molecule has 7 atom stereocenters. The van der Waals surface area contributed by atoms with Crippen molar-refractivity contribution in [1.29, 1.82) is 0 Å². The zero-order valence-electron chi connectivity index (χ0n) is 18.1. The molecule has 1 heterocycles. The van der Waals surface area contributed by atoms with Gasteiger partial charge in [-0.3, -0.25) is 4.79 Å². The molecule has 158 valence electrons. The molecule has 28 heavy (non-hydrogen) atoms. The Morgan fingerprint density at radius 2 is 1.82 bits per heavy atom. The van der Waals surface area contributed by atoms with Crippen molar-refractivity contribution in [1.82, 2.24) is 0 Å². The highest BCUT2D eigenvalue weighted by Gasteiger charge is 2.73. The molecule has 0 radical (unpaired) electrons. The van der Waals surface area contributed by atoms with Crippen LogP contribution >= 0.6 is 0 Å². The van der Waals surface area contributed by atoms with Crippen LogP contribution in [-0.4, -0.2) is 46.6 Å². The Kier molecular flexibility index (Phi) is 5.20. The molecule has 0 aromatic heterocycles. The SMILES string of the molecule is C/C=C(\C)C(=O)O[C@@H]1C[C@]2(C)O[C@H]2[C@H](OC(C)=O)[C@@]2(C)CC[C@](O)(C(C)C)[C@H]12. The Morgan fingerprint density at radius 3 is 2.36 bits per heavy atom. The zero-order valence-corrected chi connectivity index (χ0v) is 18.1. The van der Waals surface area contributed by atoms with Crippen LogP contribution in [0.2, 0.25) is 0 Å². The van der Waals surface area contributed by atoms with Crippen LogP contribution in [-0.2, 0) is 23.8 Å². The fraction of sp³-hybridized carbons (Fsp3) is 0.818. The van der Waals surface area contributed by atoms with Gasteiger partial charge < -0.3 is 19.3 Å². The Balaban J connectivity index is 2.07. The normalized spacial score (nSPS) is 45.1. The van der Waals surface area contributed by atoms with Crippen LogP contribution in [0.3, 0.4) is 0 Å². The van der Waals surface area contributed by atoms with Gasteiger partial charge in [-0.2, -0.15) is 0 Å². The van der Waals surface area contributed by atoms with Gasteiger partial charge in [0.1, 0.15) is 18.3 Å². The third kappa shape index (κ3) is 3.18. The first-order valence-electron chi connectivity index (χ1n) is 10.3. The van der Waals surface area contributed by atoms with Gasteiger partial charge in [-0.25, -0.2) is 4.79 Å². The van der Waals surface area contributed by atoms with E-state index >= 15 is 0 Å². The van der Waals surface area contributed by atoms with Crippen molar-refractivity contribution in [2.75, 3.05) is 0 Å². The van der Waals surface area contributed by atoms with E-state index in [1.807, 2.05) is 27.7 Å². The zero-order chi connectivity index (χ0) is 21.1. The molecule has 2 saturated carbocycles. The van der Waals surface area contributed by atoms with Crippen molar-refractivity contribution in [3.8, 4) is 0 Å². The summed E-state index contributed by atoms with van der Waals surface area (Å²) in [4.78, 5) is 24.5. The maximum absolute atomic E-state index is 12.6. The van der Waals surface area contributed by atoms with Crippen LogP contribution in [0.25, 0.3) is 0 Å². The summed E-state index contributed by atoms with van der Waals surface area (Å²) in [6.07, 6.45) is 2.22. The molecule has 0 aromatic carbocycles. The van der Waals surface area contributed by atoms with Gasteiger partial charge in [-0.1, -0.05) is 26.8 Å². The minimum Gasteiger partial charge on any atom is -0.459 e. The summed E-state index contributed by atoms with van der Waals surface area (Å²) in [5.41, 5.74) is -1.54. The number of carbonyl (C=O) groups is 2. The molecule has 3 aliphatic rings. The maximum Gasteiger partial charge on any atom is 0.333 e. The van der Waals surface area contributed by atoms with Crippen molar-refractivity contribution >= 4 is 11.9 Å². The summed E-state index contributed by atoms with van der Waals surface area (Å²) in [5, 5.41) is 11.7. The van der Waals surface area contributed by atoms with Crippen LogP contribution in [0.4, 0.5) is 0 Å². The van der Waals surface area contributed by atoms with Gasteiger partial charge >= 0.3 is 11.9 Å². The molecule has 1 aliphatic heterocycles. The predicted molar refractivity (Wildman–Crippen MR) is 103 cm³/mol. The number of carbonyl (C=O) groups excluding carboxylic acids is 2. The molecule has 6 nitrogen and oxygen atoms in total. The van der Waals surface area contributed by atoms with Crippen LogP contribution < -0.4 is 0 Å². The average Bonchev–Trinajstić information content (AvgIpc) is 3.17. The third-order valence-corrected chi connectivity index (χ3v) is 7.46. The lowest BCUT2D eigenvalue weighted by Crippen LogP contribution is -2.54. The van der Waals surface area contributed by atoms with Crippen molar-refractivity contribution in [3.05, 3.63) is 11.6 Å². The number of epoxide rings is 1. The van der Waals surface area contributed by atoms with Crippen LogP contribution in [0.5, 0.6) is 0 Å². The number of allylic oxidation sites excluding steroid dienone is 1. The van der Waals surface area contributed by atoms with Gasteiger partial charge in [0.2, 0.25) is 0 Å². The molecule has 0 amide bonds. The molecule has 2 aliphatic carbocycles. The summed E-state index contributed by atoms with van der Waals surface area (Å²) in [5.74, 6) is -1.10. The third-order valence-electron chi connectivity index (χ3n) is 7.46. The Morgan fingerprint density at radius 1 is 1.18 bits per heavy atom. The largest absolute Gasteiger partial charge is 0.459 e. The van der Waals surface area contributed by atoms with Gasteiger partial charge in [0.25, 0.3) is 0 Å². The summed E-state index contributed by atoms with van der Waals surface area (Å²) >= 11 is 0. The van der Waals surface area contributed by atoms with Gasteiger partial charge in [0, 0.05) is 30.3 Å². The highest BCUT2D eigenvalue weighted by Crippen LogP contribution is 2.64. The predicted octanol–water partition coefficient (Wildman–Crippen LogP) is 3.16. The van der Waals surface area contributed by atoms with Crippen LogP contribution in [0.1, 0.15) is 67.7 Å². The van der Waals surface area contributed by atoms with Crippen molar-refractivity contribution in [2.45, 2.75) is 97.2 Å². The van der Waals surface area contributed by atoms with E-state index in [1.165, 1.54) is 6.92 Å². The molecule has 1 N–H and O–H groups in total. The number of rotatable bonds is 4. The van der Waals surface area contributed by atoms with Crippen LogP contribution in [0, 0.1) is 17.3 Å². The van der Waals surface area contributed by atoms with E-state index < -0.39 is 28.8 Å². The van der Waals surface area contributed by atoms with E-state index in [1.54, 1.807) is 19.9 Å². The van der Waals surface area contributed by atoms with E-state index in [-0.39, 0.29) is 29.9 Å². The Hall–Kier alpha value is -1.40. The molecule has 0 bridgehead atoms. The fourth-order valence-electron chi connectivity index (χ4n) is 5.56. The van der Waals surface area contributed by atoms with Gasteiger partial charge in [0.15, 0.2) is 0 Å². The standard InChI is InChI=1S/C22H34O6/c1-8-13(4)19(24)27-15-11-21(7)18(28-21)17(26-14(5)23)20(6)9-10-22(25,12(2)3)16(15)20/h8,12,15-18,25H,9-11H2,1-7H3/b13-8+/t15-,16-,17+,18+,20+,21+,22+/m1/s1. The van der Waals surface area contributed by atoms with Crippen LogP contribution in [0.15, 0.2) is 11.6 Å². The van der Waals surface area contributed by atoms with Crippen molar-refractivity contribution < 1.29 is 28.9 Å². The van der Waals surface area contributed by atoms with E-state index in [0.29, 0.717) is 24.8 Å². The van der Waals surface area contributed by atoms with E-state index in [4.69, 9.17) is 14.2 Å². The van der Waals surface area contributed by atoms with Gasteiger partial charge in [-0.15, -0.1) is 0 Å². The lowest BCUT2D eigenvalue weighted by molar-refractivity contribution is -0.181. The van der Waals surface area contributed by atoms with Gasteiger partial charge in [-0.05, 0) is 39.5 Å². The molecule has 1 saturated heterocycles. The first kappa shape index (κ1) is 21.3. The molecular formula is C22H34O6. The molecule has 3 rings (SSSR count). The minimum absolute atomic E-state index is 0.0236. The summed E-state index contributed by atoms with van der Waals surface area (Å²) < 4.78 is 17.7. The first-order valence-corrected chi connectivity index (χ1v) is 10.3. The summed E-state index contributed by atoms with van der Waals surface area (Å²) in [6, 6.07) is 0. The Bertz CT molecular complexity index is 699. The molecule has 0 aromatic rings. The number of hydrogen-bond donors (Lipinski definition) is 1. The second kappa shape index (κ2) is 6.84. The lowest BCUT2D eigenvalue weighted by Gasteiger charge is -2.45. The molecule has 0 unspecified atom stereocenters. The molecule has 0 spiro atoms. The molecule has 6 heteroatoms. The second-order valence-corrected chi connectivity index (χ2v) is 9.63. The molecular weight excluding hydrogens is 360 g/mol. The quantitative estimate of drug-likeness (QED) is 0.448. The lowest BCUT2D eigenvalue weighted by atomic mass is 9.66. The highest BCUT2D eigenvalue weighted by atomic mass is 16.6. The van der Waals surface area contributed by atoms with Crippen molar-refractivity contribution in [3.63, 3.8) is 0 Å². The average molecular weight is 395 g/mol. The smallest absolute Gasteiger partial charge is 0.333 e.